The van der Waals surface area contributed by atoms with Crippen LogP contribution in [0.25, 0.3) is 0 Å². The van der Waals surface area contributed by atoms with Gasteiger partial charge in [-0.2, -0.15) is 0 Å². The number of methoxy groups -OCH3 is 1. The summed E-state index contributed by atoms with van der Waals surface area (Å²) in [6.07, 6.45) is 2.07. The summed E-state index contributed by atoms with van der Waals surface area (Å²) in [7, 11) is 1.59. The van der Waals surface area contributed by atoms with Crippen LogP contribution in [-0.2, 0) is 4.74 Å². The molecular weight excluding hydrogens is 244 g/mol. The van der Waals surface area contributed by atoms with Crippen LogP contribution < -0.4 is 10.1 Å². The highest BCUT2D eigenvalue weighted by atomic mass is 16.5. The van der Waals surface area contributed by atoms with Gasteiger partial charge in [-0.25, -0.2) is 4.79 Å². The molecule has 0 aliphatic carbocycles. The zero-order valence-corrected chi connectivity index (χ0v) is 11.2. The molecule has 1 aliphatic heterocycles. The van der Waals surface area contributed by atoms with Gasteiger partial charge in [0.15, 0.2) is 0 Å². The number of anilines is 1. The Hall–Kier alpha value is -1.75. The minimum Gasteiger partial charge on any atom is -0.497 e. The van der Waals surface area contributed by atoms with E-state index in [0.29, 0.717) is 18.0 Å². The third kappa shape index (κ3) is 4.44. The summed E-state index contributed by atoms with van der Waals surface area (Å²) in [5, 5.41) is 2.68. The van der Waals surface area contributed by atoms with E-state index < -0.39 is 6.09 Å². The van der Waals surface area contributed by atoms with Crippen molar-refractivity contribution in [3.05, 3.63) is 24.3 Å². The first kappa shape index (κ1) is 13.7. The number of ether oxygens (including phenoxy) is 2. The summed E-state index contributed by atoms with van der Waals surface area (Å²) in [4.78, 5) is 13.9. The highest BCUT2D eigenvalue weighted by Crippen LogP contribution is 2.16. The number of rotatable bonds is 5. The van der Waals surface area contributed by atoms with Crippen LogP contribution in [0.4, 0.5) is 10.5 Å². The van der Waals surface area contributed by atoms with E-state index in [1.807, 2.05) is 12.1 Å². The first-order valence-corrected chi connectivity index (χ1v) is 6.58. The number of hydrogen-bond donors (Lipinski definition) is 1. The summed E-state index contributed by atoms with van der Waals surface area (Å²) in [6, 6.07) is 7.19. The van der Waals surface area contributed by atoms with Gasteiger partial charge in [0.05, 0.1) is 7.11 Å². The van der Waals surface area contributed by atoms with Crippen molar-refractivity contribution in [3.63, 3.8) is 0 Å². The third-order valence-electron chi connectivity index (χ3n) is 3.16. The molecule has 1 heterocycles. The third-order valence-corrected chi connectivity index (χ3v) is 3.16. The van der Waals surface area contributed by atoms with Crippen molar-refractivity contribution < 1.29 is 14.3 Å². The van der Waals surface area contributed by atoms with Crippen LogP contribution in [0.2, 0.25) is 0 Å². The lowest BCUT2D eigenvalue weighted by Gasteiger charge is -2.14. The number of benzene rings is 1. The summed E-state index contributed by atoms with van der Waals surface area (Å²) in [5.41, 5.74) is 0.672. The average molecular weight is 264 g/mol. The number of nitrogens with zero attached hydrogens (tertiary/aromatic N) is 1. The molecule has 1 fully saturated rings. The second kappa shape index (κ2) is 6.99. The van der Waals surface area contributed by atoms with E-state index in [-0.39, 0.29) is 0 Å². The Kier molecular flexibility index (Phi) is 5.03. The molecule has 0 saturated carbocycles. The fraction of sp³-hybridized carbons (Fsp3) is 0.500. The highest BCUT2D eigenvalue weighted by Gasteiger charge is 2.11. The molecule has 1 saturated heterocycles. The second-order valence-corrected chi connectivity index (χ2v) is 4.54. The van der Waals surface area contributed by atoms with Gasteiger partial charge in [-0.05, 0) is 38.1 Å². The predicted octanol–water partition coefficient (Wildman–Crippen LogP) is 2.34. The van der Waals surface area contributed by atoms with Gasteiger partial charge in [0.2, 0.25) is 0 Å². The van der Waals surface area contributed by atoms with Gasteiger partial charge in [-0.1, -0.05) is 6.07 Å². The van der Waals surface area contributed by atoms with Gasteiger partial charge >= 0.3 is 6.09 Å². The fourth-order valence-electron chi connectivity index (χ4n) is 2.13. The SMILES string of the molecule is COc1cccc(NC(=O)OCCN2CCCC2)c1. The molecule has 1 aliphatic rings. The lowest BCUT2D eigenvalue weighted by molar-refractivity contribution is 0.146. The predicted molar refractivity (Wildman–Crippen MR) is 73.6 cm³/mol. The molecular formula is C14H20N2O3. The van der Waals surface area contributed by atoms with Crippen molar-refractivity contribution in [3.8, 4) is 5.75 Å². The second-order valence-electron chi connectivity index (χ2n) is 4.54. The molecule has 5 nitrogen and oxygen atoms in total. The largest absolute Gasteiger partial charge is 0.497 e. The summed E-state index contributed by atoms with van der Waals surface area (Å²) < 4.78 is 10.2. The van der Waals surface area contributed by atoms with Gasteiger partial charge in [0, 0.05) is 18.3 Å². The maximum Gasteiger partial charge on any atom is 0.411 e. The highest BCUT2D eigenvalue weighted by molar-refractivity contribution is 5.84. The fourth-order valence-corrected chi connectivity index (χ4v) is 2.13. The monoisotopic (exact) mass is 264 g/mol. The Morgan fingerprint density at radius 1 is 1.37 bits per heavy atom. The van der Waals surface area contributed by atoms with Crippen molar-refractivity contribution in [1.82, 2.24) is 4.90 Å². The average Bonchev–Trinajstić information content (AvgIpc) is 2.92. The topological polar surface area (TPSA) is 50.8 Å². The van der Waals surface area contributed by atoms with Crippen molar-refractivity contribution in [2.24, 2.45) is 0 Å². The maximum absolute atomic E-state index is 11.6. The molecule has 0 spiro atoms. The normalized spacial score (nSPS) is 15.2. The Bertz CT molecular complexity index is 417. The molecule has 0 aromatic heterocycles. The number of amides is 1. The molecule has 1 aromatic carbocycles. The van der Waals surface area contributed by atoms with Crippen LogP contribution in [0, 0.1) is 0 Å². The van der Waals surface area contributed by atoms with Crippen molar-refractivity contribution in [2.45, 2.75) is 12.8 Å². The minimum absolute atomic E-state index is 0.424. The van der Waals surface area contributed by atoms with Gasteiger partial charge < -0.3 is 9.47 Å². The quantitative estimate of drug-likeness (QED) is 0.887. The van der Waals surface area contributed by atoms with Crippen LogP contribution in [0.3, 0.4) is 0 Å². The first-order valence-electron chi connectivity index (χ1n) is 6.58. The van der Waals surface area contributed by atoms with E-state index in [1.165, 1.54) is 12.8 Å². The van der Waals surface area contributed by atoms with Crippen molar-refractivity contribution >= 4 is 11.8 Å². The van der Waals surface area contributed by atoms with Crippen LogP contribution in [0.1, 0.15) is 12.8 Å². The molecule has 0 atom stereocenters. The Balaban J connectivity index is 1.70. The summed E-state index contributed by atoms with van der Waals surface area (Å²) >= 11 is 0. The number of hydrogen-bond acceptors (Lipinski definition) is 4. The van der Waals surface area contributed by atoms with E-state index >= 15 is 0 Å². The Morgan fingerprint density at radius 2 is 2.16 bits per heavy atom. The first-order chi connectivity index (χ1) is 9.28. The van der Waals surface area contributed by atoms with Crippen LogP contribution in [0.15, 0.2) is 24.3 Å². The lowest BCUT2D eigenvalue weighted by Crippen LogP contribution is -2.26. The Morgan fingerprint density at radius 3 is 2.89 bits per heavy atom. The van der Waals surface area contributed by atoms with Crippen molar-refractivity contribution in [2.75, 3.05) is 38.7 Å². The molecule has 5 heteroatoms. The molecule has 0 bridgehead atoms. The molecule has 104 valence electrons. The molecule has 0 unspecified atom stereocenters. The van der Waals surface area contributed by atoms with Crippen molar-refractivity contribution in [1.29, 1.82) is 0 Å². The molecule has 1 N–H and O–H groups in total. The smallest absolute Gasteiger partial charge is 0.411 e. The lowest BCUT2D eigenvalue weighted by atomic mass is 10.3. The number of likely N-dealkylation sites (tertiary alicyclic amines) is 1. The number of nitrogens with one attached hydrogen (secondary N) is 1. The zero-order valence-electron chi connectivity index (χ0n) is 11.2. The van der Waals surface area contributed by atoms with E-state index in [1.54, 1.807) is 19.2 Å². The molecule has 1 aromatic rings. The molecule has 1 amide bonds. The summed E-state index contributed by atoms with van der Waals surface area (Å²) in [5.74, 6) is 0.704. The molecule has 2 rings (SSSR count). The van der Waals surface area contributed by atoms with Gasteiger partial charge in [-0.3, -0.25) is 10.2 Å². The Labute approximate surface area is 113 Å². The summed E-state index contributed by atoms with van der Waals surface area (Å²) in [6.45, 7) is 3.46. The zero-order chi connectivity index (χ0) is 13.5. The standard InChI is InChI=1S/C14H20N2O3/c1-18-13-6-4-5-12(11-13)15-14(17)19-10-9-16-7-2-3-8-16/h4-6,11H,2-3,7-10H2,1H3,(H,15,17). The minimum atomic E-state index is -0.424. The van der Waals surface area contributed by atoms with Gasteiger partial charge in [0.25, 0.3) is 0 Å². The van der Waals surface area contributed by atoms with Crippen LogP contribution >= 0.6 is 0 Å². The van der Waals surface area contributed by atoms with E-state index in [0.717, 1.165) is 19.6 Å². The molecule has 0 radical (unpaired) electrons. The molecule has 19 heavy (non-hydrogen) atoms. The maximum atomic E-state index is 11.6. The van der Waals surface area contributed by atoms with Gasteiger partial charge in [0.1, 0.15) is 12.4 Å². The van der Waals surface area contributed by atoms with E-state index in [2.05, 4.69) is 10.2 Å². The van der Waals surface area contributed by atoms with Crippen LogP contribution in [0.5, 0.6) is 5.75 Å². The van der Waals surface area contributed by atoms with Gasteiger partial charge in [-0.15, -0.1) is 0 Å². The number of carbonyl (C=O) groups is 1. The van der Waals surface area contributed by atoms with E-state index in [9.17, 15) is 4.79 Å². The number of carbonyl (C=O) groups excluding carboxylic acids is 1. The van der Waals surface area contributed by atoms with E-state index in [4.69, 9.17) is 9.47 Å². The van der Waals surface area contributed by atoms with Crippen LogP contribution in [-0.4, -0.2) is 44.3 Å².